The molecule has 4 nitrogen and oxygen atoms in total. The maximum Gasteiger partial charge on any atom is 0.225 e. The van der Waals surface area contributed by atoms with Crippen molar-refractivity contribution in [2.24, 2.45) is 5.92 Å². The van der Waals surface area contributed by atoms with Crippen LogP contribution in [0.15, 0.2) is 18.6 Å². The molecule has 0 aromatic carbocycles. The molecule has 0 unspecified atom stereocenters. The van der Waals surface area contributed by atoms with E-state index in [1.165, 1.54) is 0 Å². The van der Waals surface area contributed by atoms with E-state index in [4.69, 9.17) is 0 Å². The van der Waals surface area contributed by atoms with Gasteiger partial charge in [-0.1, -0.05) is 13.8 Å². The van der Waals surface area contributed by atoms with Gasteiger partial charge in [0.25, 0.3) is 0 Å². The number of hydrogen-bond donors (Lipinski definition) is 0. The molecule has 1 amide bonds. The number of carbonyl (C=O) groups excluding carboxylic acids is 1. The SMILES string of the molecule is CC(C)C(=O)N1CCC[C@H](c2ccncn2)C1. The summed E-state index contributed by atoms with van der Waals surface area (Å²) >= 11 is 0. The van der Waals surface area contributed by atoms with E-state index < -0.39 is 0 Å². The summed E-state index contributed by atoms with van der Waals surface area (Å²) in [5.41, 5.74) is 1.06. The van der Waals surface area contributed by atoms with E-state index in [2.05, 4.69) is 9.97 Å². The van der Waals surface area contributed by atoms with Crippen LogP contribution in [0.3, 0.4) is 0 Å². The normalized spacial score (nSPS) is 20.6. The molecule has 0 radical (unpaired) electrons. The molecule has 0 spiro atoms. The van der Waals surface area contributed by atoms with Crippen LogP contribution in [0.25, 0.3) is 0 Å². The molecule has 1 aromatic heterocycles. The minimum atomic E-state index is 0.0825. The van der Waals surface area contributed by atoms with Gasteiger partial charge in [0.15, 0.2) is 0 Å². The third-order valence-electron chi connectivity index (χ3n) is 3.25. The predicted octanol–water partition coefficient (Wildman–Crippen LogP) is 1.84. The van der Waals surface area contributed by atoms with Gasteiger partial charge >= 0.3 is 0 Å². The van der Waals surface area contributed by atoms with Crippen molar-refractivity contribution in [3.63, 3.8) is 0 Å². The minimum Gasteiger partial charge on any atom is -0.342 e. The molecule has 1 atom stereocenters. The topological polar surface area (TPSA) is 46.1 Å². The van der Waals surface area contributed by atoms with Gasteiger partial charge in [0.05, 0.1) is 0 Å². The standard InChI is InChI=1S/C13H19N3O/c1-10(2)13(17)16-7-3-4-11(8-16)12-5-6-14-9-15-12/h5-6,9-11H,3-4,7-8H2,1-2H3/t11-/m0/s1. The van der Waals surface area contributed by atoms with Crippen LogP contribution in [0.4, 0.5) is 0 Å². The van der Waals surface area contributed by atoms with Gasteiger partial charge in [-0.15, -0.1) is 0 Å². The Kier molecular flexibility index (Phi) is 3.71. The Hall–Kier alpha value is -1.45. The highest BCUT2D eigenvalue weighted by molar-refractivity contribution is 5.78. The number of aromatic nitrogens is 2. The first-order valence-electron chi connectivity index (χ1n) is 6.23. The molecule has 1 aromatic rings. The summed E-state index contributed by atoms with van der Waals surface area (Å²) in [6, 6.07) is 1.95. The van der Waals surface area contributed by atoms with Gasteiger partial charge in [0.1, 0.15) is 6.33 Å². The maximum atomic E-state index is 12.0. The number of likely N-dealkylation sites (tertiary alicyclic amines) is 1. The smallest absolute Gasteiger partial charge is 0.225 e. The molecule has 4 heteroatoms. The van der Waals surface area contributed by atoms with Crippen molar-refractivity contribution in [2.75, 3.05) is 13.1 Å². The van der Waals surface area contributed by atoms with E-state index in [1.807, 2.05) is 24.8 Å². The number of rotatable bonds is 2. The summed E-state index contributed by atoms with van der Waals surface area (Å²) in [6.45, 7) is 5.60. The highest BCUT2D eigenvalue weighted by Gasteiger charge is 2.26. The lowest BCUT2D eigenvalue weighted by atomic mass is 9.94. The third kappa shape index (κ3) is 2.81. The Balaban J connectivity index is 2.05. The van der Waals surface area contributed by atoms with Crippen molar-refractivity contribution in [3.8, 4) is 0 Å². The van der Waals surface area contributed by atoms with Crippen LogP contribution in [-0.2, 0) is 4.79 Å². The van der Waals surface area contributed by atoms with Crippen molar-refractivity contribution in [3.05, 3.63) is 24.3 Å². The van der Waals surface area contributed by atoms with Gasteiger partial charge < -0.3 is 4.90 Å². The second-order valence-electron chi connectivity index (χ2n) is 4.91. The maximum absolute atomic E-state index is 12.0. The zero-order chi connectivity index (χ0) is 12.3. The summed E-state index contributed by atoms with van der Waals surface area (Å²) in [4.78, 5) is 22.2. The van der Waals surface area contributed by atoms with Crippen molar-refractivity contribution < 1.29 is 4.79 Å². The number of nitrogens with zero attached hydrogens (tertiary/aromatic N) is 3. The average Bonchev–Trinajstić information content (AvgIpc) is 2.39. The predicted molar refractivity (Wildman–Crippen MR) is 65.4 cm³/mol. The fourth-order valence-corrected chi connectivity index (χ4v) is 2.33. The van der Waals surface area contributed by atoms with E-state index in [0.29, 0.717) is 5.92 Å². The first kappa shape index (κ1) is 12.0. The molecule has 2 heterocycles. The van der Waals surface area contributed by atoms with E-state index >= 15 is 0 Å². The largest absolute Gasteiger partial charge is 0.342 e. The zero-order valence-corrected chi connectivity index (χ0v) is 10.5. The number of amides is 1. The molecule has 0 aliphatic carbocycles. The quantitative estimate of drug-likeness (QED) is 0.783. The zero-order valence-electron chi connectivity index (χ0n) is 10.5. The Bertz CT molecular complexity index is 378. The van der Waals surface area contributed by atoms with E-state index in [-0.39, 0.29) is 11.8 Å². The van der Waals surface area contributed by atoms with Crippen molar-refractivity contribution >= 4 is 5.91 Å². The molecule has 0 saturated carbocycles. The number of piperidine rings is 1. The molecule has 1 aliphatic heterocycles. The van der Waals surface area contributed by atoms with Crippen LogP contribution in [0.2, 0.25) is 0 Å². The van der Waals surface area contributed by atoms with Crippen molar-refractivity contribution in [1.29, 1.82) is 0 Å². The van der Waals surface area contributed by atoms with Crippen molar-refractivity contribution in [2.45, 2.75) is 32.6 Å². The highest BCUT2D eigenvalue weighted by Crippen LogP contribution is 2.25. The van der Waals surface area contributed by atoms with Crippen LogP contribution in [-0.4, -0.2) is 33.9 Å². The number of hydrogen-bond acceptors (Lipinski definition) is 3. The highest BCUT2D eigenvalue weighted by atomic mass is 16.2. The van der Waals surface area contributed by atoms with Crippen LogP contribution in [0.5, 0.6) is 0 Å². The average molecular weight is 233 g/mol. The monoisotopic (exact) mass is 233 g/mol. The van der Waals surface area contributed by atoms with Crippen molar-refractivity contribution in [1.82, 2.24) is 14.9 Å². The fraction of sp³-hybridized carbons (Fsp3) is 0.615. The Labute approximate surface area is 102 Å². The summed E-state index contributed by atoms with van der Waals surface area (Å²) in [5.74, 6) is 0.706. The Morgan fingerprint density at radius 1 is 1.53 bits per heavy atom. The van der Waals surface area contributed by atoms with E-state index in [9.17, 15) is 4.79 Å². The van der Waals surface area contributed by atoms with Gasteiger partial charge in [-0.05, 0) is 18.9 Å². The summed E-state index contributed by atoms with van der Waals surface area (Å²) < 4.78 is 0. The molecule has 0 N–H and O–H groups in total. The van der Waals surface area contributed by atoms with Gasteiger partial charge in [-0.3, -0.25) is 4.79 Å². The summed E-state index contributed by atoms with van der Waals surface area (Å²) in [7, 11) is 0. The lowest BCUT2D eigenvalue weighted by Crippen LogP contribution is -2.41. The lowest BCUT2D eigenvalue weighted by molar-refractivity contribution is -0.135. The molecule has 0 bridgehead atoms. The first-order valence-corrected chi connectivity index (χ1v) is 6.23. The van der Waals surface area contributed by atoms with Crippen LogP contribution in [0, 0.1) is 5.92 Å². The second-order valence-corrected chi connectivity index (χ2v) is 4.91. The summed E-state index contributed by atoms with van der Waals surface area (Å²) in [5, 5.41) is 0. The molecule has 1 fully saturated rings. The van der Waals surface area contributed by atoms with Crippen LogP contribution in [0.1, 0.15) is 38.3 Å². The molecular formula is C13H19N3O. The van der Waals surface area contributed by atoms with Gasteiger partial charge in [0, 0.05) is 36.8 Å². The Morgan fingerprint density at radius 2 is 2.35 bits per heavy atom. The first-order chi connectivity index (χ1) is 8.18. The second kappa shape index (κ2) is 5.25. The fourth-order valence-electron chi connectivity index (χ4n) is 2.33. The molecule has 92 valence electrons. The lowest BCUT2D eigenvalue weighted by Gasteiger charge is -2.33. The molecule has 2 rings (SSSR count). The van der Waals surface area contributed by atoms with Gasteiger partial charge in [-0.2, -0.15) is 0 Å². The van der Waals surface area contributed by atoms with Gasteiger partial charge in [0.2, 0.25) is 5.91 Å². The Morgan fingerprint density at radius 3 is 3.00 bits per heavy atom. The van der Waals surface area contributed by atoms with Crippen LogP contribution < -0.4 is 0 Å². The number of carbonyl (C=O) groups is 1. The molecule has 1 saturated heterocycles. The molecule has 17 heavy (non-hydrogen) atoms. The van der Waals surface area contributed by atoms with E-state index in [0.717, 1.165) is 31.6 Å². The van der Waals surface area contributed by atoms with E-state index in [1.54, 1.807) is 12.5 Å². The summed E-state index contributed by atoms with van der Waals surface area (Å²) in [6.07, 6.45) is 5.52. The van der Waals surface area contributed by atoms with Gasteiger partial charge in [-0.25, -0.2) is 9.97 Å². The molecular weight excluding hydrogens is 214 g/mol. The third-order valence-corrected chi connectivity index (χ3v) is 3.25. The van der Waals surface area contributed by atoms with Crippen LogP contribution >= 0.6 is 0 Å². The molecule has 1 aliphatic rings. The minimum absolute atomic E-state index is 0.0825.